The third-order valence-electron chi connectivity index (χ3n) is 5.69. The van der Waals surface area contributed by atoms with E-state index in [9.17, 15) is 4.79 Å². The Morgan fingerprint density at radius 1 is 0.903 bits per heavy atom. The first-order chi connectivity index (χ1) is 15.2. The van der Waals surface area contributed by atoms with Crippen LogP contribution in [0.2, 0.25) is 0 Å². The normalized spacial score (nSPS) is 11.5. The van der Waals surface area contributed by atoms with Gasteiger partial charge in [-0.15, -0.1) is 0 Å². The fourth-order valence-corrected chi connectivity index (χ4v) is 4.07. The first-order valence-electron chi connectivity index (χ1n) is 11.0. The Kier molecular flexibility index (Phi) is 6.51. The molecule has 1 aliphatic rings. The summed E-state index contributed by atoms with van der Waals surface area (Å²) >= 11 is 0. The van der Waals surface area contributed by atoms with Gasteiger partial charge in [0.1, 0.15) is 18.1 Å². The molecule has 4 rings (SSSR count). The molecule has 0 bridgehead atoms. The average Bonchev–Trinajstić information content (AvgIpc) is 3.15. The lowest BCUT2D eigenvalue weighted by Gasteiger charge is -2.09. The Morgan fingerprint density at radius 2 is 1.55 bits per heavy atom. The van der Waals surface area contributed by atoms with Gasteiger partial charge < -0.3 is 9.47 Å². The summed E-state index contributed by atoms with van der Waals surface area (Å²) in [5, 5.41) is 0. The Morgan fingerprint density at radius 3 is 2.23 bits per heavy atom. The van der Waals surface area contributed by atoms with E-state index in [1.165, 1.54) is 53.5 Å². The lowest BCUT2D eigenvalue weighted by molar-refractivity contribution is -0.128. The van der Waals surface area contributed by atoms with Gasteiger partial charge in [-0.25, -0.2) is 4.79 Å². The number of hydrogen-bond acceptors (Lipinski definition) is 3. The lowest BCUT2D eigenvalue weighted by atomic mass is 10.00. The van der Waals surface area contributed by atoms with Gasteiger partial charge >= 0.3 is 5.97 Å². The zero-order chi connectivity index (χ0) is 21.6. The van der Waals surface area contributed by atoms with E-state index in [0.717, 1.165) is 23.8 Å². The van der Waals surface area contributed by atoms with Crippen molar-refractivity contribution in [2.75, 3.05) is 0 Å². The number of esters is 1. The maximum Gasteiger partial charge on any atom is 0.335 e. The third kappa shape index (κ3) is 5.05. The molecule has 0 N–H and O–H groups in total. The van der Waals surface area contributed by atoms with Crippen molar-refractivity contribution in [2.45, 2.75) is 45.6 Å². The molecule has 0 atom stereocenters. The Bertz CT molecular complexity index is 1080. The predicted molar refractivity (Wildman–Crippen MR) is 125 cm³/mol. The molecule has 1 aliphatic carbocycles. The van der Waals surface area contributed by atoms with E-state index >= 15 is 0 Å². The highest BCUT2D eigenvalue weighted by Gasteiger charge is 2.19. The third-order valence-corrected chi connectivity index (χ3v) is 5.69. The van der Waals surface area contributed by atoms with E-state index in [1.807, 2.05) is 0 Å². The van der Waals surface area contributed by atoms with Crippen LogP contribution >= 0.6 is 0 Å². The highest BCUT2D eigenvalue weighted by molar-refractivity contribution is 5.83. The van der Waals surface area contributed by atoms with E-state index in [-0.39, 0.29) is 0 Å². The molecule has 0 heterocycles. The van der Waals surface area contributed by atoms with E-state index in [1.54, 1.807) is 24.3 Å². The van der Waals surface area contributed by atoms with Crippen LogP contribution in [0, 0.1) is 0 Å². The first kappa shape index (κ1) is 20.9. The molecule has 0 spiro atoms. The molecule has 0 aromatic heterocycles. The Balaban J connectivity index is 1.38. The molecule has 3 heteroatoms. The standard InChI is InChI=1S/C28H28O3/c1-3-5-6-7-20-8-14-26-22(16-20)18-23-17-21(9-15-27(23)26)19-30-24-10-12-25(13-11-24)31-28(29)4-2/h4,8-17H,2-3,5-7,18-19H2,1H3. The van der Waals surface area contributed by atoms with Crippen LogP contribution in [-0.2, 0) is 24.2 Å². The van der Waals surface area contributed by atoms with Crippen LogP contribution in [0.25, 0.3) is 11.1 Å². The number of rotatable bonds is 9. The number of carbonyl (C=O) groups excluding carboxylic acids is 1. The number of unbranched alkanes of at least 4 members (excludes halogenated alkanes) is 2. The largest absolute Gasteiger partial charge is 0.489 e. The molecular weight excluding hydrogens is 384 g/mol. The smallest absolute Gasteiger partial charge is 0.335 e. The minimum Gasteiger partial charge on any atom is -0.489 e. The predicted octanol–water partition coefficient (Wildman–Crippen LogP) is 6.66. The molecule has 0 saturated heterocycles. The van der Waals surface area contributed by atoms with Gasteiger partial charge in [-0.05, 0) is 76.9 Å². The van der Waals surface area contributed by atoms with Crippen molar-refractivity contribution in [1.82, 2.24) is 0 Å². The zero-order valence-corrected chi connectivity index (χ0v) is 18.0. The molecule has 0 unspecified atom stereocenters. The minimum absolute atomic E-state index is 0.471. The maximum absolute atomic E-state index is 11.3. The van der Waals surface area contributed by atoms with Crippen molar-refractivity contribution in [3.63, 3.8) is 0 Å². The van der Waals surface area contributed by atoms with Crippen molar-refractivity contribution >= 4 is 5.97 Å². The number of fused-ring (bicyclic) bond motifs is 3. The van der Waals surface area contributed by atoms with E-state index < -0.39 is 5.97 Å². The molecule has 158 valence electrons. The van der Waals surface area contributed by atoms with Crippen molar-refractivity contribution in [1.29, 1.82) is 0 Å². The van der Waals surface area contributed by atoms with Gasteiger partial charge in [0.15, 0.2) is 0 Å². The molecule has 0 aliphatic heterocycles. The average molecular weight is 413 g/mol. The minimum atomic E-state index is -0.471. The monoisotopic (exact) mass is 412 g/mol. The number of ether oxygens (including phenoxy) is 2. The van der Waals surface area contributed by atoms with Gasteiger partial charge in [0.05, 0.1) is 0 Å². The topological polar surface area (TPSA) is 35.5 Å². The second-order valence-electron chi connectivity index (χ2n) is 8.00. The summed E-state index contributed by atoms with van der Waals surface area (Å²) in [7, 11) is 0. The van der Waals surface area contributed by atoms with Gasteiger partial charge in [0.25, 0.3) is 0 Å². The van der Waals surface area contributed by atoms with Crippen LogP contribution in [0.3, 0.4) is 0 Å². The van der Waals surface area contributed by atoms with Crippen LogP contribution < -0.4 is 9.47 Å². The van der Waals surface area contributed by atoms with Crippen LogP contribution in [0.1, 0.15) is 48.4 Å². The molecule has 0 fully saturated rings. The Labute approximate surface area is 184 Å². The van der Waals surface area contributed by atoms with Gasteiger partial charge in [0.2, 0.25) is 0 Å². The maximum atomic E-state index is 11.3. The molecule has 0 radical (unpaired) electrons. The second-order valence-corrected chi connectivity index (χ2v) is 8.00. The van der Waals surface area contributed by atoms with Gasteiger partial charge in [-0.3, -0.25) is 0 Å². The highest BCUT2D eigenvalue weighted by Crippen LogP contribution is 2.37. The van der Waals surface area contributed by atoms with E-state index in [2.05, 4.69) is 49.9 Å². The fraction of sp³-hybridized carbons (Fsp3) is 0.250. The summed E-state index contributed by atoms with van der Waals surface area (Å²) in [6, 6.07) is 20.6. The van der Waals surface area contributed by atoms with Gasteiger partial charge in [-0.2, -0.15) is 0 Å². The highest BCUT2D eigenvalue weighted by atomic mass is 16.5. The molecule has 31 heavy (non-hydrogen) atoms. The summed E-state index contributed by atoms with van der Waals surface area (Å²) in [4.78, 5) is 11.3. The summed E-state index contributed by atoms with van der Waals surface area (Å²) in [6.07, 6.45) is 7.12. The lowest BCUT2D eigenvalue weighted by Crippen LogP contribution is -2.03. The van der Waals surface area contributed by atoms with Crippen LogP contribution in [0.15, 0.2) is 73.3 Å². The molecule has 0 saturated carbocycles. The van der Waals surface area contributed by atoms with Gasteiger partial charge in [-0.1, -0.05) is 62.7 Å². The molecule has 3 aromatic carbocycles. The number of hydrogen-bond donors (Lipinski definition) is 0. The molecule has 0 amide bonds. The fourth-order valence-electron chi connectivity index (χ4n) is 4.07. The molecular formula is C28H28O3. The van der Waals surface area contributed by atoms with Gasteiger partial charge in [0, 0.05) is 6.08 Å². The van der Waals surface area contributed by atoms with Crippen molar-refractivity contribution in [2.24, 2.45) is 0 Å². The SMILES string of the molecule is C=CC(=O)Oc1ccc(OCc2ccc3c(c2)Cc2cc(CCCCC)ccc2-3)cc1. The number of carbonyl (C=O) groups is 1. The van der Waals surface area contributed by atoms with Crippen molar-refractivity contribution in [3.05, 3.63) is 95.6 Å². The quantitative estimate of drug-likeness (QED) is 0.133. The van der Waals surface area contributed by atoms with Crippen LogP contribution in [-0.4, -0.2) is 5.97 Å². The van der Waals surface area contributed by atoms with Crippen molar-refractivity contribution in [3.8, 4) is 22.6 Å². The first-order valence-corrected chi connectivity index (χ1v) is 11.0. The summed E-state index contributed by atoms with van der Waals surface area (Å²) in [5.41, 5.74) is 8.11. The summed E-state index contributed by atoms with van der Waals surface area (Å²) < 4.78 is 11.0. The number of aryl methyl sites for hydroxylation is 1. The molecule has 3 nitrogen and oxygen atoms in total. The van der Waals surface area contributed by atoms with Crippen molar-refractivity contribution < 1.29 is 14.3 Å². The van der Waals surface area contributed by atoms with E-state index in [0.29, 0.717) is 12.4 Å². The summed E-state index contributed by atoms with van der Waals surface area (Å²) in [5.74, 6) is 0.737. The molecule has 3 aromatic rings. The van der Waals surface area contributed by atoms with Crippen LogP contribution in [0.4, 0.5) is 0 Å². The van der Waals surface area contributed by atoms with Crippen LogP contribution in [0.5, 0.6) is 11.5 Å². The second kappa shape index (κ2) is 9.65. The Hall–Kier alpha value is -3.33. The van der Waals surface area contributed by atoms with E-state index in [4.69, 9.17) is 9.47 Å². The number of benzene rings is 3. The summed E-state index contributed by atoms with van der Waals surface area (Å²) in [6.45, 7) is 6.14. The zero-order valence-electron chi connectivity index (χ0n) is 18.0.